The Balaban J connectivity index is 1.47. The molecule has 6 rings (SSSR count). The molecular weight excluding hydrogens is 385 g/mol. The number of allylic oxidation sites excluding steroid dienone is 2. The van der Waals surface area contributed by atoms with Crippen molar-refractivity contribution in [3.63, 3.8) is 0 Å². The van der Waals surface area contributed by atoms with Gasteiger partial charge < -0.3 is 0 Å². The third-order valence-corrected chi connectivity index (χ3v) is 6.84. The molecule has 3 fully saturated rings. The number of hydrogen-bond donors (Lipinski definition) is 0. The second-order valence-corrected chi connectivity index (χ2v) is 8.47. The van der Waals surface area contributed by atoms with Gasteiger partial charge in [0.15, 0.2) is 0 Å². The lowest BCUT2D eigenvalue weighted by Crippen LogP contribution is -2.49. The average Bonchev–Trinajstić information content (AvgIpc) is 3.44. The minimum Gasteiger partial charge on any atom is -0.286 e. The number of amides is 3. The molecule has 0 unspecified atom stereocenters. The van der Waals surface area contributed by atoms with Gasteiger partial charge in [-0.05, 0) is 54.7 Å². The van der Waals surface area contributed by atoms with E-state index >= 15 is 0 Å². The molecule has 0 N–H and O–H groups in total. The number of alkyl halides is 3. The monoisotopic (exact) mass is 404 g/mol. The van der Waals surface area contributed by atoms with Gasteiger partial charge in [-0.15, -0.1) is 0 Å². The van der Waals surface area contributed by atoms with Crippen LogP contribution in [-0.2, 0) is 14.4 Å². The maximum Gasteiger partial charge on any atom is 0.471 e. The van der Waals surface area contributed by atoms with Crippen LogP contribution in [0.5, 0.6) is 0 Å². The van der Waals surface area contributed by atoms with E-state index < -0.39 is 42.4 Å². The standard InChI is InChI=1S/C21H19F3N2O3/c1-10-3-2-4-11(7-10)25(20(29)21(22,23)24)9-26-18(27)16-12-5-6-13(15-8-14(12)15)17(16)19(26)28/h2-7,12-17H,8-9H2,1H3/t12-,13-,14-,15-,16-,17+/m1/s1. The number of aryl methyl sites for hydroxylation is 1. The van der Waals surface area contributed by atoms with Crippen LogP contribution < -0.4 is 4.90 Å². The second-order valence-electron chi connectivity index (χ2n) is 8.47. The predicted molar refractivity (Wildman–Crippen MR) is 96.1 cm³/mol. The number of halogens is 3. The summed E-state index contributed by atoms with van der Waals surface area (Å²) in [4.78, 5) is 39.6. The first kappa shape index (κ1) is 18.4. The molecule has 4 aliphatic carbocycles. The summed E-state index contributed by atoms with van der Waals surface area (Å²) in [7, 11) is 0. The largest absolute Gasteiger partial charge is 0.471 e. The van der Waals surface area contributed by atoms with Crippen LogP contribution in [0.15, 0.2) is 36.4 Å². The summed E-state index contributed by atoms with van der Waals surface area (Å²) in [6, 6.07) is 6.03. The molecule has 0 spiro atoms. The third kappa shape index (κ3) is 2.64. The Morgan fingerprint density at radius 1 is 1.10 bits per heavy atom. The van der Waals surface area contributed by atoms with Gasteiger partial charge >= 0.3 is 12.1 Å². The van der Waals surface area contributed by atoms with Crippen molar-refractivity contribution in [3.8, 4) is 0 Å². The van der Waals surface area contributed by atoms with Gasteiger partial charge in [0, 0.05) is 5.69 Å². The number of imide groups is 1. The first-order valence-electron chi connectivity index (χ1n) is 9.67. The summed E-state index contributed by atoms with van der Waals surface area (Å²) in [5.41, 5.74) is 0.671. The fourth-order valence-electron chi connectivity index (χ4n) is 5.51. The number of carbonyl (C=O) groups is 3. The van der Waals surface area contributed by atoms with Crippen LogP contribution in [0.2, 0.25) is 0 Å². The van der Waals surface area contributed by atoms with Gasteiger partial charge in [-0.2, -0.15) is 13.2 Å². The summed E-state index contributed by atoms with van der Waals surface area (Å²) in [6.45, 7) is 0.970. The Labute approximate surface area is 165 Å². The molecular formula is C21H19F3N2O3. The summed E-state index contributed by atoms with van der Waals surface area (Å²) >= 11 is 0. The second kappa shape index (κ2) is 5.93. The molecule has 5 aliphatic rings. The number of likely N-dealkylation sites (tertiary alicyclic amines) is 1. The van der Waals surface area contributed by atoms with E-state index in [0.717, 1.165) is 11.3 Å². The van der Waals surface area contributed by atoms with Crippen molar-refractivity contribution in [3.05, 3.63) is 42.0 Å². The smallest absolute Gasteiger partial charge is 0.286 e. The average molecular weight is 404 g/mol. The van der Waals surface area contributed by atoms with Crippen molar-refractivity contribution in [1.29, 1.82) is 0 Å². The fourth-order valence-corrected chi connectivity index (χ4v) is 5.51. The summed E-state index contributed by atoms with van der Waals surface area (Å²) in [6.07, 6.45) is -0.135. The molecule has 1 aliphatic heterocycles. The molecule has 0 radical (unpaired) electrons. The zero-order chi connectivity index (χ0) is 20.7. The third-order valence-electron chi connectivity index (χ3n) is 6.84. The Kier molecular flexibility index (Phi) is 3.76. The highest BCUT2D eigenvalue weighted by Gasteiger charge is 2.67. The number of carbonyl (C=O) groups excluding carboxylic acids is 3. The lowest BCUT2D eigenvalue weighted by atomic mass is 9.63. The minimum absolute atomic E-state index is 0.00624. The Hall–Kier alpha value is -2.64. The topological polar surface area (TPSA) is 57.7 Å². The van der Waals surface area contributed by atoms with Crippen molar-refractivity contribution in [2.45, 2.75) is 19.5 Å². The first-order valence-corrected chi connectivity index (χ1v) is 9.67. The van der Waals surface area contributed by atoms with E-state index in [-0.39, 0.29) is 17.5 Å². The Bertz CT molecular complexity index is 921. The van der Waals surface area contributed by atoms with Crippen LogP contribution in [0.1, 0.15) is 12.0 Å². The van der Waals surface area contributed by atoms with Gasteiger partial charge in [0.2, 0.25) is 11.8 Å². The minimum atomic E-state index is -5.12. The molecule has 0 aromatic heterocycles. The van der Waals surface area contributed by atoms with Crippen molar-refractivity contribution in [2.75, 3.05) is 11.6 Å². The van der Waals surface area contributed by atoms with E-state index in [0.29, 0.717) is 22.3 Å². The number of rotatable bonds is 3. The van der Waals surface area contributed by atoms with Crippen molar-refractivity contribution in [1.82, 2.24) is 4.90 Å². The van der Waals surface area contributed by atoms with Crippen LogP contribution in [-0.4, -0.2) is 35.5 Å². The zero-order valence-corrected chi connectivity index (χ0v) is 15.6. The molecule has 6 atom stereocenters. The maximum absolute atomic E-state index is 13.3. The van der Waals surface area contributed by atoms with Crippen LogP contribution >= 0.6 is 0 Å². The molecule has 29 heavy (non-hydrogen) atoms. The molecule has 152 valence electrons. The quantitative estimate of drug-likeness (QED) is 0.575. The number of benzene rings is 1. The van der Waals surface area contributed by atoms with Crippen molar-refractivity contribution in [2.24, 2.45) is 35.5 Å². The number of hydrogen-bond acceptors (Lipinski definition) is 3. The highest BCUT2D eigenvalue weighted by atomic mass is 19.4. The van der Waals surface area contributed by atoms with Crippen LogP contribution in [0, 0.1) is 42.4 Å². The predicted octanol–water partition coefficient (Wildman–Crippen LogP) is 2.90. The molecule has 1 aromatic carbocycles. The van der Waals surface area contributed by atoms with Crippen molar-refractivity contribution < 1.29 is 27.6 Å². The highest BCUT2D eigenvalue weighted by molar-refractivity contribution is 6.07. The van der Waals surface area contributed by atoms with Crippen molar-refractivity contribution >= 4 is 23.4 Å². The highest BCUT2D eigenvalue weighted by Crippen LogP contribution is 2.65. The SMILES string of the molecule is Cc1cccc(N(CN2C(=O)[C@@H]3[C@@H]4C=C[C@H]([C@H]5C[C@H]45)[C@@H]3C2=O)C(=O)C(F)(F)F)c1. The zero-order valence-electron chi connectivity index (χ0n) is 15.6. The van der Waals surface area contributed by atoms with Gasteiger partial charge in [-0.3, -0.25) is 24.2 Å². The molecule has 2 saturated carbocycles. The van der Waals surface area contributed by atoms with Gasteiger partial charge in [-0.25, -0.2) is 0 Å². The van der Waals surface area contributed by atoms with Gasteiger partial charge in [-0.1, -0.05) is 24.3 Å². The van der Waals surface area contributed by atoms with E-state index in [2.05, 4.69) is 0 Å². The van der Waals surface area contributed by atoms with Crippen LogP contribution in [0.25, 0.3) is 0 Å². The molecule has 8 heteroatoms. The van der Waals surface area contributed by atoms with E-state index in [1.54, 1.807) is 13.0 Å². The Morgan fingerprint density at radius 2 is 1.69 bits per heavy atom. The van der Waals surface area contributed by atoms with Gasteiger partial charge in [0.25, 0.3) is 0 Å². The number of nitrogens with zero attached hydrogens (tertiary/aromatic N) is 2. The normalized spacial score (nSPS) is 34.3. The van der Waals surface area contributed by atoms with Crippen LogP contribution in [0.3, 0.4) is 0 Å². The lowest BCUT2D eigenvalue weighted by Gasteiger charge is -2.37. The Morgan fingerprint density at radius 3 is 2.21 bits per heavy atom. The molecule has 3 amide bonds. The van der Waals surface area contributed by atoms with Gasteiger partial charge in [0.1, 0.15) is 6.67 Å². The van der Waals surface area contributed by atoms with E-state index in [1.165, 1.54) is 18.2 Å². The van der Waals surface area contributed by atoms with E-state index in [9.17, 15) is 27.6 Å². The summed E-state index contributed by atoms with van der Waals surface area (Å²) < 4.78 is 39.8. The molecule has 5 nitrogen and oxygen atoms in total. The van der Waals surface area contributed by atoms with Crippen LogP contribution in [0.4, 0.5) is 18.9 Å². The van der Waals surface area contributed by atoms with E-state index in [1.807, 2.05) is 12.2 Å². The summed E-state index contributed by atoms with van der Waals surface area (Å²) in [5.74, 6) is -3.30. The van der Waals surface area contributed by atoms with E-state index in [4.69, 9.17) is 0 Å². The molecule has 1 heterocycles. The molecule has 1 saturated heterocycles. The number of anilines is 1. The molecule has 2 bridgehead atoms. The first-order chi connectivity index (χ1) is 13.7. The molecule has 1 aromatic rings. The maximum atomic E-state index is 13.3. The summed E-state index contributed by atoms with van der Waals surface area (Å²) in [5, 5.41) is 0. The van der Waals surface area contributed by atoms with Gasteiger partial charge in [0.05, 0.1) is 11.8 Å². The fraction of sp³-hybridized carbons (Fsp3) is 0.476. The lowest BCUT2D eigenvalue weighted by molar-refractivity contribution is -0.171.